The van der Waals surface area contributed by atoms with Crippen LogP contribution in [0, 0.1) is 6.92 Å². The highest BCUT2D eigenvalue weighted by Crippen LogP contribution is 2.20. The maximum Gasteiger partial charge on any atom is 0.280 e. The van der Waals surface area contributed by atoms with E-state index in [0.29, 0.717) is 23.0 Å². The summed E-state index contributed by atoms with van der Waals surface area (Å²) in [6, 6.07) is 13.6. The van der Waals surface area contributed by atoms with Crippen molar-refractivity contribution in [3.05, 3.63) is 81.2 Å². The number of benzene rings is 2. The van der Waals surface area contributed by atoms with Crippen LogP contribution in [-0.2, 0) is 0 Å². The molecule has 6 nitrogen and oxygen atoms in total. The first-order valence-corrected chi connectivity index (χ1v) is 8.76. The number of aryl methyl sites for hydroxylation is 1. The van der Waals surface area contributed by atoms with Crippen LogP contribution >= 0.6 is 11.6 Å². The third-order valence-corrected chi connectivity index (χ3v) is 4.27. The van der Waals surface area contributed by atoms with Gasteiger partial charge in [-0.25, -0.2) is 4.68 Å². The molecule has 1 amide bonds. The number of anilines is 1. The Morgan fingerprint density at radius 1 is 1.19 bits per heavy atom. The number of hydrogen-bond acceptors (Lipinski definition) is 4. The van der Waals surface area contributed by atoms with Gasteiger partial charge >= 0.3 is 0 Å². The Hall–Kier alpha value is -3.12. The summed E-state index contributed by atoms with van der Waals surface area (Å²) < 4.78 is 6.87. The molecule has 0 saturated heterocycles. The highest BCUT2D eigenvalue weighted by atomic mass is 35.5. The molecule has 3 aromatic rings. The number of halogens is 1. The fourth-order valence-corrected chi connectivity index (χ4v) is 2.61. The Labute approximate surface area is 161 Å². The quantitative estimate of drug-likeness (QED) is 0.726. The van der Waals surface area contributed by atoms with Crippen molar-refractivity contribution in [2.75, 3.05) is 11.9 Å². The minimum absolute atomic E-state index is 0.205. The largest absolute Gasteiger partial charge is 0.494 e. The fraction of sp³-hybridized carbons (Fsp3) is 0.150. The van der Waals surface area contributed by atoms with E-state index >= 15 is 0 Å². The van der Waals surface area contributed by atoms with Gasteiger partial charge in [-0.05, 0) is 55.8 Å². The van der Waals surface area contributed by atoms with Gasteiger partial charge in [0.1, 0.15) is 5.75 Å². The maximum absolute atomic E-state index is 12.5. The van der Waals surface area contributed by atoms with Crippen molar-refractivity contribution in [2.24, 2.45) is 0 Å². The first kappa shape index (κ1) is 18.7. The van der Waals surface area contributed by atoms with Crippen LogP contribution in [0.5, 0.6) is 5.75 Å². The number of nitrogens with zero attached hydrogens (tertiary/aromatic N) is 2. The molecule has 1 heterocycles. The lowest BCUT2D eigenvalue weighted by Crippen LogP contribution is -2.25. The van der Waals surface area contributed by atoms with Crippen molar-refractivity contribution in [1.82, 2.24) is 9.78 Å². The van der Waals surface area contributed by atoms with Gasteiger partial charge in [-0.1, -0.05) is 17.7 Å². The Kier molecular flexibility index (Phi) is 5.57. The molecule has 0 fully saturated rings. The van der Waals surface area contributed by atoms with Crippen LogP contribution in [0.15, 0.2) is 59.5 Å². The Balaban J connectivity index is 1.87. The number of aromatic nitrogens is 2. The first-order chi connectivity index (χ1) is 13.0. The van der Waals surface area contributed by atoms with Crippen molar-refractivity contribution < 1.29 is 9.53 Å². The predicted octanol–water partition coefficient (Wildman–Crippen LogP) is 3.85. The van der Waals surface area contributed by atoms with E-state index in [1.54, 1.807) is 42.5 Å². The van der Waals surface area contributed by atoms with Crippen LogP contribution in [0.1, 0.15) is 23.0 Å². The van der Waals surface area contributed by atoms with Crippen LogP contribution in [0.4, 0.5) is 5.69 Å². The fourth-order valence-electron chi connectivity index (χ4n) is 2.43. The number of carbonyl (C=O) groups is 1. The summed E-state index contributed by atoms with van der Waals surface area (Å²) >= 11 is 6.07. The topological polar surface area (TPSA) is 73.2 Å². The highest BCUT2D eigenvalue weighted by molar-refractivity contribution is 6.31. The summed E-state index contributed by atoms with van der Waals surface area (Å²) in [6.45, 7) is 4.34. The third kappa shape index (κ3) is 4.35. The lowest BCUT2D eigenvalue weighted by atomic mass is 10.2. The summed E-state index contributed by atoms with van der Waals surface area (Å²) in [5.41, 5.74) is 1.42. The molecule has 3 rings (SSSR count). The van der Waals surface area contributed by atoms with E-state index in [4.69, 9.17) is 16.3 Å². The van der Waals surface area contributed by atoms with Gasteiger partial charge < -0.3 is 10.1 Å². The molecule has 0 spiro atoms. The molecule has 0 saturated carbocycles. The van der Waals surface area contributed by atoms with Gasteiger partial charge in [-0.3, -0.25) is 9.59 Å². The van der Waals surface area contributed by atoms with E-state index in [-0.39, 0.29) is 5.69 Å². The van der Waals surface area contributed by atoms with Crippen molar-refractivity contribution in [3.8, 4) is 11.4 Å². The van der Waals surface area contributed by atoms with Crippen LogP contribution < -0.4 is 15.5 Å². The van der Waals surface area contributed by atoms with E-state index < -0.39 is 11.3 Å². The zero-order valence-electron chi connectivity index (χ0n) is 14.9. The number of nitrogens with one attached hydrogen (secondary N) is 1. The lowest BCUT2D eigenvalue weighted by Gasteiger charge is -2.10. The standard InChI is InChI=1S/C20H18ClN3O3/c1-3-27-16-8-6-15(7-9-16)24-11-10-18(25)19(23-24)20(26)22-14-5-4-13(2)17(21)12-14/h4-12H,3H2,1-2H3,(H,22,26). The molecule has 1 N–H and O–H groups in total. The van der Waals surface area contributed by atoms with E-state index in [2.05, 4.69) is 10.4 Å². The lowest BCUT2D eigenvalue weighted by molar-refractivity contribution is 0.101. The molecular formula is C20H18ClN3O3. The van der Waals surface area contributed by atoms with E-state index in [0.717, 1.165) is 11.3 Å². The number of carbonyl (C=O) groups excluding carboxylic acids is 1. The Morgan fingerprint density at radius 2 is 1.93 bits per heavy atom. The molecule has 2 aromatic carbocycles. The second kappa shape index (κ2) is 8.05. The van der Waals surface area contributed by atoms with E-state index in [9.17, 15) is 9.59 Å². The summed E-state index contributed by atoms with van der Waals surface area (Å²) in [7, 11) is 0. The minimum atomic E-state index is -0.597. The zero-order valence-corrected chi connectivity index (χ0v) is 15.7. The van der Waals surface area contributed by atoms with Gasteiger partial charge in [0.2, 0.25) is 5.43 Å². The van der Waals surface area contributed by atoms with Gasteiger partial charge in [-0.15, -0.1) is 0 Å². The number of amides is 1. The molecule has 0 radical (unpaired) electrons. The number of ether oxygens (including phenoxy) is 1. The van der Waals surface area contributed by atoms with Crippen LogP contribution in [0.2, 0.25) is 5.02 Å². The highest BCUT2D eigenvalue weighted by Gasteiger charge is 2.14. The predicted molar refractivity (Wildman–Crippen MR) is 105 cm³/mol. The monoisotopic (exact) mass is 383 g/mol. The molecule has 0 unspecified atom stereocenters. The second-order valence-corrected chi connectivity index (χ2v) is 6.23. The van der Waals surface area contributed by atoms with Gasteiger partial charge in [0.25, 0.3) is 5.91 Å². The minimum Gasteiger partial charge on any atom is -0.494 e. The van der Waals surface area contributed by atoms with Gasteiger partial charge in [0.05, 0.1) is 12.3 Å². The van der Waals surface area contributed by atoms with Gasteiger partial charge in [0, 0.05) is 23.0 Å². The average molecular weight is 384 g/mol. The zero-order chi connectivity index (χ0) is 19.4. The Morgan fingerprint density at radius 3 is 2.59 bits per heavy atom. The normalized spacial score (nSPS) is 10.5. The molecule has 0 aliphatic rings. The second-order valence-electron chi connectivity index (χ2n) is 5.82. The van der Waals surface area contributed by atoms with Crippen molar-refractivity contribution in [1.29, 1.82) is 0 Å². The SMILES string of the molecule is CCOc1ccc(-n2ccc(=O)c(C(=O)Nc3ccc(C)c(Cl)c3)n2)cc1. The van der Waals surface area contributed by atoms with Crippen molar-refractivity contribution in [2.45, 2.75) is 13.8 Å². The molecule has 0 aliphatic heterocycles. The van der Waals surface area contributed by atoms with E-state index in [1.807, 2.05) is 13.8 Å². The van der Waals surface area contributed by atoms with Gasteiger partial charge in [0.15, 0.2) is 5.69 Å². The summed E-state index contributed by atoms with van der Waals surface area (Å²) in [4.78, 5) is 24.6. The number of rotatable bonds is 5. The third-order valence-electron chi connectivity index (χ3n) is 3.87. The van der Waals surface area contributed by atoms with Crippen molar-refractivity contribution >= 4 is 23.2 Å². The molecule has 138 valence electrons. The Bertz CT molecular complexity index is 1030. The van der Waals surface area contributed by atoms with Crippen LogP contribution in [0.25, 0.3) is 5.69 Å². The molecule has 27 heavy (non-hydrogen) atoms. The smallest absolute Gasteiger partial charge is 0.280 e. The summed E-state index contributed by atoms with van der Waals surface area (Å²) in [5.74, 6) is 0.136. The van der Waals surface area contributed by atoms with Crippen LogP contribution in [-0.4, -0.2) is 22.3 Å². The van der Waals surface area contributed by atoms with Gasteiger partial charge in [-0.2, -0.15) is 5.10 Å². The summed E-state index contributed by atoms with van der Waals surface area (Å²) in [6.07, 6.45) is 1.51. The van der Waals surface area contributed by atoms with Crippen molar-refractivity contribution in [3.63, 3.8) is 0 Å². The molecule has 0 bridgehead atoms. The summed E-state index contributed by atoms with van der Waals surface area (Å²) in [5, 5.41) is 7.35. The molecule has 7 heteroatoms. The molecule has 1 aromatic heterocycles. The van der Waals surface area contributed by atoms with Crippen LogP contribution in [0.3, 0.4) is 0 Å². The average Bonchev–Trinajstić information content (AvgIpc) is 2.66. The molecular weight excluding hydrogens is 366 g/mol. The van der Waals surface area contributed by atoms with E-state index in [1.165, 1.54) is 16.9 Å². The molecule has 0 aliphatic carbocycles. The first-order valence-electron chi connectivity index (χ1n) is 8.38. The molecule has 0 atom stereocenters. The number of hydrogen-bond donors (Lipinski definition) is 1. The maximum atomic E-state index is 12.5.